The van der Waals surface area contributed by atoms with Crippen LogP contribution >= 0.6 is 0 Å². The van der Waals surface area contributed by atoms with Gasteiger partial charge in [-0.2, -0.15) is 0 Å². The molecular weight excluding hydrogens is 217 g/mol. The van der Waals surface area contributed by atoms with E-state index in [0.717, 1.165) is 18.5 Å². The SMILES string of the molecule is NC(=O)C(O)CNC(=O)c1cncc(F)c1. The molecule has 1 aromatic rings. The van der Waals surface area contributed by atoms with Gasteiger partial charge >= 0.3 is 0 Å². The van der Waals surface area contributed by atoms with Gasteiger partial charge in [0.2, 0.25) is 5.91 Å². The van der Waals surface area contributed by atoms with Crippen molar-refractivity contribution in [1.29, 1.82) is 0 Å². The van der Waals surface area contributed by atoms with Crippen LogP contribution in [0.1, 0.15) is 10.4 Å². The predicted molar refractivity (Wildman–Crippen MR) is 51.7 cm³/mol. The monoisotopic (exact) mass is 227 g/mol. The lowest BCUT2D eigenvalue weighted by Gasteiger charge is -2.08. The number of carbonyl (C=O) groups is 2. The third-order valence-corrected chi connectivity index (χ3v) is 1.75. The molecule has 2 amide bonds. The topological polar surface area (TPSA) is 105 Å². The normalized spacial score (nSPS) is 11.9. The van der Waals surface area contributed by atoms with Crippen LogP contribution in [0.25, 0.3) is 0 Å². The van der Waals surface area contributed by atoms with Gasteiger partial charge in [-0.15, -0.1) is 0 Å². The summed E-state index contributed by atoms with van der Waals surface area (Å²) < 4.78 is 12.7. The van der Waals surface area contributed by atoms with Crippen molar-refractivity contribution in [3.05, 3.63) is 29.8 Å². The number of hydrogen-bond acceptors (Lipinski definition) is 4. The van der Waals surface area contributed by atoms with Crippen LogP contribution in [0.15, 0.2) is 18.5 Å². The molecule has 1 aromatic heterocycles. The molecule has 0 saturated carbocycles. The average molecular weight is 227 g/mol. The van der Waals surface area contributed by atoms with Crippen LogP contribution in [0.4, 0.5) is 4.39 Å². The van der Waals surface area contributed by atoms with Crippen molar-refractivity contribution >= 4 is 11.8 Å². The van der Waals surface area contributed by atoms with Crippen molar-refractivity contribution < 1.29 is 19.1 Å². The number of hydrogen-bond donors (Lipinski definition) is 3. The summed E-state index contributed by atoms with van der Waals surface area (Å²) in [6, 6.07) is 0.985. The molecule has 6 nitrogen and oxygen atoms in total. The Hall–Kier alpha value is -2.02. The van der Waals surface area contributed by atoms with Crippen molar-refractivity contribution in [2.75, 3.05) is 6.54 Å². The van der Waals surface area contributed by atoms with E-state index in [9.17, 15) is 14.0 Å². The molecule has 0 radical (unpaired) electrons. The summed E-state index contributed by atoms with van der Waals surface area (Å²) in [4.78, 5) is 25.3. The fraction of sp³-hybridized carbons (Fsp3) is 0.222. The Kier molecular flexibility index (Phi) is 3.90. The number of pyridine rings is 1. The molecule has 0 aliphatic rings. The Bertz CT molecular complexity index is 411. The Morgan fingerprint density at radius 2 is 2.25 bits per heavy atom. The molecule has 0 bridgehead atoms. The van der Waals surface area contributed by atoms with Gasteiger partial charge in [0, 0.05) is 6.20 Å². The summed E-state index contributed by atoms with van der Waals surface area (Å²) in [5.41, 5.74) is 4.77. The van der Waals surface area contributed by atoms with Gasteiger partial charge < -0.3 is 16.2 Å². The Labute approximate surface area is 90.3 Å². The lowest BCUT2D eigenvalue weighted by molar-refractivity contribution is -0.125. The summed E-state index contributed by atoms with van der Waals surface area (Å²) in [7, 11) is 0. The van der Waals surface area contributed by atoms with Gasteiger partial charge in [-0.05, 0) is 6.07 Å². The van der Waals surface area contributed by atoms with Gasteiger partial charge in [0.15, 0.2) is 0 Å². The highest BCUT2D eigenvalue weighted by Crippen LogP contribution is 2.00. The molecule has 0 fully saturated rings. The summed E-state index contributed by atoms with van der Waals surface area (Å²) in [5.74, 6) is -2.24. The molecule has 16 heavy (non-hydrogen) atoms. The summed E-state index contributed by atoms with van der Waals surface area (Å²) in [6.45, 7) is -0.329. The Balaban J connectivity index is 2.56. The fourth-order valence-corrected chi connectivity index (χ4v) is 0.928. The zero-order valence-electron chi connectivity index (χ0n) is 8.18. The number of aromatic nitrogens is 1. The number of amides is 2. The minimum atomic E-state index is -1.47. The Morgan fingerprint density at radius 1 is 1.56 bits per heavy atom. The fourth-order valence-electron chi connectivity index (χ4n) is 0.928. The second kappa shape index (κ2) is 5.17. The third-order valence-electron chi connectivity index (χ3n) is 1.75. The number of rotatable bonds is 4. The minimum Gasteiger partial charge on any atom is -0.381 e. The number of nitrogens with two attached hydrogens (primary N) is 1. The van der Waals surface area contributed by atoms with Crippen molar-refractivity contribution in [3.63, 3.8) is 0 Å². The lowest BCUT2D eigenvalue weighted by atomic mass is 10.2. The van der Waals surface area contributed by atoms with E-state index in [1.54, 1.807) is 0 Å². The number of aliphatic hydroxyl groups is 1. The Morgan fingerprint density at radius 3 is 2.81 bits per heavy atom. The van der Waals surface area contributed by atoms with Gasteiger partial charge in [0.05, 0.1) is 18.3 Å². The maximum absolute atomic E-state index is 12.7. The predicted octanol–water partition coefficient (Wildman–Crippen LogP) is -1.20. The zero-order chi connectivity index (χ0) is 12.1. The first-order valence-corrected chi connectivity index (χ1v) is 4.37. The van der Waals surface area contributed by atoms with Gasteiger partial charge in [-0.3, -0.25) is 14.6 Å². The second-order valence-corrected chi connectivity index (χ2v) is 3.02. The molecule has 0 aromatic carbocycles. The van der Waals surface area contributed by atoms with E-state index >= 15 is 0 Å². The van der Waals surface area contributed by atoms with Crippen molar-refractivity contribution in [2.45, 2.75) is 6.10 Å². The molecule has 1 atom stereocenters. The van der Waals surface area contributed by atoms with Gasteiger partial charge in [0.1, 0.15) is 11.9 Å². The van der Waals surface area contributed by atoms with Crippen LogP contribution in [-0.4, -0.2) is 34.6 Å². The molecule has 1 heterocycles. The molecule has 0 aliphatic carbocycles. The van der Waals surface area contributed by atoms with Crippen molar-refractivity contribution in [1.82, 2.24) is 10.3 Å². The summed E-state index contributed by atoms with van der Waals surface area (Å²) >= 11 is 0. The third kappa shape index (κ3) is 3.28. The minimum absolute atomic E-state index is 0.00308. The number of halogens is 1. The highest BCUT2D eigenvalue weighted by Gasteiger charge is 2.13. The number of nitrogens with zero attached hydrogens (tertiary/aromatic N) is 1. The van der Waals surface area contributed by atoms with Crippen LogP contribution in [0.2, 0.25) is 0 Å². The maximum atomic E-state index is 12.7. The zero-order valence-corrected chi connectivity index (χ0v) is 8.18. The molecule has 0 saturated heterocycles. The van der Waals surface area contributed by atoms with E-state index in [4.69, 9.17) is 10.8 Å². The summed E-state index contributed by atoms with van der Waals surface area (Å²) in [5, 5.41) is 11.2. The van der Waals surface area contributed by atoms with Crippen LogP contribution in [0, 0.1) is 5.82 Å². The van der Waals surface area contributed by atoms with E-state index in [1.165, 1.54) is 0 Å². The van der Waals surface area contributed by atoms with Crippen LogP contribution in [0.5, 0.6) is 0 Å². The highest BCUT2D eigenvalue weighted by atomic mass is 19.1. The average Bonchev–Trinajstić information content (AvgIpc) is 2.25. The number of aliphatic hydroxyl groups excluding tert-OH is 1. The van der Waals surface area contributed by atoms with Crippen LogP contribution in [-0.2, 0) is 4.79 Å². The van der Waals surface area contributed by atoms with Gasteiger partial charge in [0.25, 0.3) is 5.91 Å². The quantitative estimate of drug-likeness (QED) is 0.600. The second-order valence-electron chi connectivity index (χ2n) is 3.02. The largest absolute Gasteiger partial charge is 0.381 e. The van der Waals surface area contributed by atoms with E-state index in [2.05, 4.69) is 10.3 Å². The van der Waals surface area contributed by atoms with E-state index < -0.39 is 23.7 Å². The van der Waals surface area contributed by atoms with Crippen molar-refractivity contribution in [2.24, 2.45) is 5.73 Å². The molecule has 1 unspecified atom stereocenters. The standard InChI is InChI=1S/C9H10FN3O3/c10-6-1-5(2-12-3-6)9(16)13-4-7(14)8(11)15/h1-3,7,14H,4H2,(H2,11,15)(H,13,16). The van der Waals surface area contributed by atoms with Crippen LogP contribution < -0.4 is 11.1 Å². The number of carbonyl (C=O) groups excluding carboxylic acids is 2. The number of nitrogens with one attached hydrogen (secondary N) is 1. The highest BCUT2D eigenvalue weighted by molar-refractivity contribution is 5.94. The summed E-state index contributed by atoms with van der Waals surface area (Å²) in [6.07, 6.45) is 0.648. The maximum Gasteiger partial charge on any atom is 0.253 e. The lowest BCUT2D eigenvalue weighted by Crippen LogP contribution is -2.40. The van der Waals surface area contributed by atoms with E-state index in [1.807, 2.05) is 0 Å². The van der Waals surface area contributed by atoms with Crippen molar-refractivity contribution in [3.8, 4) is 0 Å². The molecule has 86 valence electrons. The van der Waals surface area contributed by atoms with E-state index in [-0.39, 0.29) is 12.1 Å². The van der Waals surface area contributed by atoms with Gasteiger partial charge in [-0.1, -0.05) is 0 Å². The molecule has 1 rings (SSSR count). The smallest absolute Gasteiger partial charge is 0.253 e. The molecule has 7 heteroatoms. The molecule has 0 spiro atoms. The van der Waals surface area contributed by atoms with E-state index in [0.29, 0.717) is 0 Å². The first-order chi connectivity index (χ1) is 7.50. The van der Waals surface area contributed by atoms with Gasteiger partial charge in [-0.25, -0.2) is 4.39 Å². The number of primary amides is 1. The first kappa shape index (κ1) is 12.1. The van der Waals surface area contributed by atoms with Crippen LogP contribution in [0.3, 0.4) is 0 Å². The molecular formula is C9H10FN3O3. The molecule has 4 N–H and O–H groups in total. The molecule has 0 aliphatic heterocycles. The first-order valence-electron chi connectivity index (χ1n) is 4.37.